The number of rotatable bonds is 5. The number of sulfonamides is 1. The molecule has 0 saturated carbocycles. The van der Waals surface area contributed by atoms with Crippen LogP contribution in [-0.4, -0.2) is 41.7 Å². The Morgan fingerprint density at radius 1 is 1.30 bits per heavy atom. The molecule has 1 N–H and O–H groups in total. The third-order valence-corrected chi connectivity index (χ3v) is 6.69. The largest absolute Gasteiger partial charge is 0.497 e. The highest BCUT2D eigenvalue weighted by atomic mass is 32.2. The van der Waals surface area contributed by atoms with E-state index >= 15 is 0 Å². The van der Waals surface area contributed by atoms with Crippen molar-refractivity contribution in [2.45, 2.75) is 30.7 Å². The van der Waals surface area contributed by atoms with Gasteiger partial charge in [-0.05, 0) is 44.0 Å². The molecule has 1 unspecified atom stereocenters. The van der Waals surface area contributed by atoms with E-state index in [2.05, 4.69) is 15.4 Å². The molecule has 3 aromatic rings. The van der Waals surface area contributed by atoms with E-state index in [-0.39, 0.29) is 10.9 Å². The molecule has 8 nitrogen and oxygen atoms in total. The Morgan fingerprint density at radius 3 is 2.74 bits per heavy atom. The molecular formula is C18H20N4O4S. The number of hydrogen-bond donors (Lipinski definition) is 1. The maximum atomic E-state index is 13.2. The average molecular weight is 388 g/mol. The third kappa shape index (κ3) is 3.13. The summed E-state index contributed by atoms with van der Waals surface area (Å²) in [7, 11) is -2.10. The number of benzene rings is 1. The fourth-order valence-corrected chi connectivity index (χ4v) is 5.10. The van der Waals surface area contributed by atoms with Crippen molar-refractivity contribution in [1.29, 1.82) is 0 Å². The van der Waals surface area contributed by atoms with Gasteiger partial charge in [0.15, 0.2) is 5.76 Å². The molecule has 1 aromatic carbocycles. The summed E-state index contributed by atoms with van der Waals surface area (Å²) in [5.41, 5.74) is 2.21. The summed E-state index contributed by atoms with van der Waals surface area (Å²) < 4.78 is 38.4. The van der Waals surface area contributed by atoms with Gasteiger partial charge in [-0.3, -0.25) is 5.10 Å². The van der Waals surface area contributed by atoms with Crippen molar-refractivity contribution in [3.05, 3.63) is 47.9 Å². The highest BCUT2D eigenvalue weighted by Gasteiger charge is 2.38. The lowest BCUT2D eigenvalue weighted by Crippen LogP contribution is -2.31. The molecule has 27 heavy (non-hydrogen) atoms. The van der Waals surface area contributed by atoms with Crippen molar-refractivity contribution in [2.24, 2.45) is 0 Å². The van der Waals surface area contributed by atoms with Gasteiger partial charge in [0.1, 0.15) is 5.75 Å². The fourth-order valence-electron chi connectivity index (χ4n) is 3.44. The Labute approximate surface area is 157 Å². The van der Waals surface area contributed by atoms with Gasteiger partial charge >= 0.3 is 0 Å². The van der Waals surface area contributed by atoms with E-state index in [0.29, 0.717) is 24.5 Å². The maximum absolute atomic E-state index is 13.2. The van der Waals surface area contributed by atoms with E-state index in [1.54, 1.807) is 37.6 Å². The smallest absolute Gasteiger partial charge is 0.243 e. The van der Waals surface area contributed by atoms with Gasteiger partial charge in [-0.1, -0.05) is 5.16 Å². The van der Waals surface area contributed by atoms with Crippen molar-refractivity contribution in [3.63, 3.8) is 0 Å². The van der Waals surface area contributed by atoms with Crippen LogP contribution in [0.1, 0.15) is 30.3 Å². The number of methoxy groups -OCH3 is 1. The molecule has 0 spiro atoms. The molecule has 1 fully saturated rings. The fraction of sp³-hybridized carbons (Fsp3) is 0.333. The monoisotopic (exact) mass is 388 g/mol. The number of aromatic nitrogens is 3. The summed E-state index contributed by atoms with van der Waals surface area (Å²) in [6, 6.07) is 7.91. The minimum absolute atomic E-state index is 0.242. The van der Waals surface area contributed by atoms with Gasteiger partial charge in [-0.15, -0.1) is 0 Å². The quantitative estimate of drug-likeness (QED) is 0.721. The van der Waals surface area contributed by atoms with Crippen LogP contribution in [0.15, 0.2) is 45.9 Å². The Kier molecular flexibility index (Phi) is 4.48. The molecule has 4 rings (SSSR count). The first-order chi connectivity index (χ1) is 13.0. The normalized spacial score (nSPS) is 18.1. The Bertz CT molecular complexity index is 1040. The first-order valence-electron chi connectivity index (χ1n) is 8.63. The van der Waals surface area contributed by atoms with Crippen molar-refractivity contribution in [1.82, 2.24) is 19.7 Å². The number of H-pyrrole nitrogens is 1. The molecule has 0 bridgehead atoms. The van der Waals surface area contributed by atoms with Crippen LogP contribution in [0.4, 0.5) is 0 Å². The molecule has 3 heterocycles. The standard InChI is InChI=1S/C18H20N4O4S/c1-12-10-17(26-21-12)15-11-19-20-18(15)16-4-3-9-22(16)27(23,24)14-7-5-13(25-2)6-8-14/h5-8,10-11,16H,3-4,9H2,1-2H3,(H,19,20). The van der Waals surface area contributed by atoms with Crippen LogP contribution in [-0.2, 0) is 10.0 Å². The summed E-state index contributed by atoms with van der Waals surface area (Å²) in [6.07, 6.45) is 3.12. The third-order valence-electron chi connectivity index (χ3n) is 4.77. The summed E-state index contributed by atoms with van der Waals surface area (Å²) in [5.74, 6) is 1.19. The molecule has 2 aromatic heterocycles. The van der Waals surface area contributed by atoms with Gasteiger partial charge in [0.05, 0.1) is 41.2 Å². The number of nitrogens with one attached hydrogen (secondary N) is 1. The second kappa shape index (κ2) is 6.82. The molecule has 9 heteroatoms. The van der Waals surface area contributed by atoms with Crippen LogP contribution in [0, 0.1) is 6.92 Å². The molecule has 0 amide bonds. The lowest BCUT2D eigenvalue weighted by atomic mass is 10.1. The number of ether oxygens (including phenoxy) is 1. The van der Waals surface area contributed by atoms with Gasteiger partial charge in [0.2, 0.25) is 10.0 Å². The molecule has 1 saturated heterocycles. The van der Waals surface area contributed by atoms with Gasteiger partial charge in [-0.2, -0.15) is 9.40 Å². The zero-order valence-electron chi connectivity index (χ0n) is 15.0. The maximum Gasteiger partial charge on any atom is 0.243 e. The highest BCUT2D eigenvalue weighted by molar-refractivity contribution is 7.89. The van der Waals surface area contributed by atoms with Crippen LogP contribution in [0.5, 0.6) is 5.75 Å². The van der Waals surface area contributed by atoms with E-state index in [1.807, 2.05) is 13.0 Å². The van der Waals surface area contributed by atoms with Gasteiger partial charge in [-0.25, -0.2) is 8.42 Å². The van der Waals surface area contributed by atoms with Gasteiger partial charge < -0.3 is 9.26 Å². The molecule has 1 aliphatic rings. The Morgan fingerprint density at radius 2 is 2.07 bits per heavy atom. The van der Waals surface area contributed by atoms with E-state index < -0.39 is 10.0 Å². The van der Waals surface area contributed by atoms with Crippen LogP contribution in [0.25, 0.3) is 11.3 Å². The Balaban J connectivity index is 1.70. The molecule has 1 atom stereocenters. The topological polar surface area (TPSA) is 101 Å². The Hall–Kier alpha value is -2.65. The zero-order valence-corrected chi connectivity index (χ0v) is 15.9. The average Bonchev–Trinajstić information content (AvgIpc) is 3.40. The summed E-state index contributed by atoms with van der Waals surface area (Å²) in [6.45, 7) is 2.29. The molecule has 142 valence electrons. The van der Waals surface area contributed by atoms with Gasteiger partial charge in [0.25, 0.3) is 0 Å². The highest BCUT2D eigenvalue weighted by Crippen LogP contribution is 2.39. The summed E-state index contributed by atoms with van der Waals surface area (Å²) >= 11 is 0. The molecule has 0 radical (unpaired) electrons. The number of aryl methyl sites for hydroxylation is 1. The number of hydrogen-bond acceptors (Lipinski definition) is 6. The zero-order chi connectivity index (χ0) is 19.0. The minimum Gasteiger partial charge on any atom is -0.497 e. The van der Waals surface area contributed by atoms with E-state index in [9.17, 15) is 8.42 Å². The summed E-state index contributed by atoms with van der Waals surface area (Å²) in [5, 5.41) is 11.0. The van der Waals surface area contributed by atoms with E-state index in [0.717, 1.165) is 23.4 Å². The van der Waals surface area contributed by atoms with E-state index in [1.165, 1.54) is 4.31 Å². The number of nitrogens with zero attached hydrogens (tertiary/aromatic N) is 3. The lowest BCUT2D eigenvalue weighted by molar-refractivity contribution is 0.388. The first-order valence-corrected chi connectivity index (χ1v) is 10.1. The first kappa shape index (κ1) is 17.7. The van der Waals surface area contributed by atoms with Gasteiger partial charge in [0, 0.05) is 12.6 Å². The van der Waals surface area contributed by atoms with Crippen molar-refractivity contribution in [2.75, 3.05) is 13.7 Å². The van der Waals surface area contributed by atoms with Crippen LogP contribution in [0.2, 0.25) is 0 Å². The molecule has 0 aliphatic carbocycles. The van der Waals surface area contributed by atoms with Crippen LogP contribution in [0.3, 0.4) is 0 Å². The SMILES string of the molecule is COc1ccc(S(=O)(=O)N2CCCC2c2[nH]ncc2-c2cc(C)no2)cc1. The summed E-state index contributed by atoms with van der Waals surface area (Å²) in [4.78, 5) is 0.242. The predicted octanol–water partition coefficient (Wildman–Crippen LogP) is 2.91. The second-order valence-corrected chi connectivity index (χ2v) is 8.37. The molecule has 1 aliphatic heterocycles. The van der Waals surface area contributed by atoms with Crippen molar-refractivity contribution >= 4 is 10.0 Å². The number of aromatic amines is 1. The predicted molar refractivity (Wildman–Crippen MR) is 97.7 cm³/mol. The van der Waals surface area contributed by atoms with E-state index in [4.69, 9.17) is 9.26 Å². The van der Waals surface area contributed by atoms with Crippen LogP contribution < -0.4 is 4.74 Å². The second-order valence-electron chi connectivity index (χ2n) is 6.48. The minimum atomic E-state index is -3.65. The van der Waals surface area contributed by atoms with Crippen molar-refractivity contribution < 1.29 is 17.7 Å². The van der Waals surface area contributed by atoms with Crippen molar-refractivity contribution in [3.8, 4) is 17.1 Å². The van der Waals surface area contributed by atoms with Crippen LogP contribution >= 0.6 is 0 Å². The molecular weight excluding hydrogens is 368 g/mol. The lowest BCUT2D eigenvalue weighted by Gasteiger charge is -2.24.